The molecule has 2 heterocycles. The molecule has 0 radical (unpaired) electrons. The summed E-state index contributed by atoms with van der Waals surface area (Å²) >= 11 is 0. The third-order valence-electron chi connectivity index (χ3n) is 3.45. The average Bonchev–Trinajstić information content (AvgIpc) is 2.89. The minimum absolute atomic E-state index is 0.155. The Morgan fingerprint density at radius 3 is 3.21 bits per heavy atom. The van der Waals surface area contributed by atoms with Gasteiger partial charge in [-0.2, -0.15) is 4.98 Å². The highest BCUT2D eigenvalue weighted by atomic mass is 16.5. The summed E-state index contributed by atoms with van der Waals surface area (Å²) < 4.78 is 10.3. The van der Waals surface area contributed by atoms with Gasteiger partial charge >= 0.3 is 5.97 Å². The molecule has 0 amide bonds. The smallest absolute Gasteiger partial charge is 0.360 e. The van der Waals surface area contributed by atoms with E-state index in [9.17, 15) is 4.79 Å². The van der Waals surface area contributed by atoms with Crippen molar-refractivity contribution < 1.29 is 13.9 Å². The first kappa shape index (κ1) is 13.9. The van der Waals surface area contributed by atoms with E-state index in [0.717, 1.165) is 25.9 Å². The molecule has 106 valence electrons. The van der Waals surface area contributed by atoms with Crippen LogP contribution in [-0.2, 0) is 4.74 Å². The summed E-state index contributed by atoms with van der Waals surface area (Å²) in [6.45, 7) is 5.81. The number of oxazole rings is 1. The van der Waals surface area contributed by atoms with Crippen LogP contribution < -0.4 is 10.6 Å². The Kier molecular flexibility index (Phi) is 4.42. The molecule has 2 atom stereocenters. The summed E-state index contributed by atoms with van der Waals surface area (Å²) in [4.78, 5) is 17.8. The number of esters is 1. The van der Waals surface area contributed by atoms with Gasteiger partial charge in [0.1, 0.15) is 6.26 Å². The Morgan fingerprint density at radius 1 is 1.74 bits per heavy atom. The lowest BCUT2D eigenvalue weighted by Gasteiger charge is -2.33. The average molecular weight is 267 g/mol. The molecule has 1 aliphatic rings. The highest BCUT2D eigenvalue weighted by Crippen LogP contribution is 2.24. The van der Waals surface area contributed by atoms with Crippen molar-refractivity contribution in [3.8, 4) is 0 Å². The highest BCUT2D eigenvalue weighted by molar-refractivity contribution is 5.87. The van der Waals surface area contributed by atoms with E-state index >= 15 is 0 Å². The van der Waals surface area contributed by atoms with Crippen molar-refractivity contribution in [2.24, 2.45) is 11.7 Å². The monoisotopic (exact) mass is 267 g/mol. The third-order valence-corrected chi connectivity index (χ3v) is 3.45. The molecule has 0 aliphatic carbocycles. The van der Waals surface area contributed by atoms with E-state index in [4.69, 9.17) is 14.9 Å². The normalized spacial score (nSPS) is 21.2. The number of anilines is 1. The molecule has 0 spiro atoms. The number of carbonyl (C=O) groups excluding carboxylic acids is 1. The lowest BCUT2D eigenvalue weighted by molar-refractivity contribution is 0.0519. The maximum absolute atomic E-state index is 11.5. The van der Waals surface area contributed by atoms with Crippen LogP contribution in [0.4, 0.5) is 6.01 Å². The SMILES string of the molecule is CCOC(=O)c1coc(N2CCCC(C(C)N)C2)n1. The second-order valence-corrected chi connectivity index (χ2v) is 4.94. The van der Waals surface area contributed by atoms with E-state index in [0.29, 0.717) is 18.5 Å². The molecular weight excluding hydrogens is 246 g/mol. The van der Waals surface area contributed by atoms with Crippen molar-refractivity contribution in [3.63, 3.8) is 0 Å². The number of nitrogens with two attached hydrogens (primary N) is 1. The molecule has 2 N–H and O–H groups in total. The number of ether oxygens (including phenoxy) is 1. The van der Waals surface area contributed by atoms with Gasteiger partial charge in [0, 0.05) is 19.1 Å². The van der Waals surface area contributed by atoms with E-state index in [1.165, 1.54) is 6.26 Å². The number of rotatable bonds is 4. The minimum Gasteiger partial charge on any atom is -0.461 e. The second-order valence-electron chi connectivity index (χ2n) is 4.94. The molecule has 2 rings (SSSR count). The Bertz CT molecular complexity index is 431. The van der Waals surface area contributed by atoms with Crippen LogP contribution in [0.3, 0.4) is 0 Å². The first-order valence-corrected chi connectivity index (χ1v) is 6.75. The standard InChI is InChI=1S/C13H21N3O3/c1-3-18-12(17)11-8-19-13(15-11)16-6-4-5-10(7-16)9(2)14/h8-10H,3-7,14H2,1-2H3. The molecule has 1 saturated heterocycles. The van der Waals surface area contributed by atoms with Gasteiger partial charge < -0.3 is 19.8 Å². The fourth-order valence-corrected chi connectivity index (χ4v) is 2.32. The predicted octanol–water partition coefficient (Wildman–Crippen LogP) is 1.41. The zero-order valence-corrected chi connectivity index (χ0v) is 11.5. The van der Waals surface area contributed by atoms with Gasteiger partial charge in [-0.05, 0) is 32.6 Å². The number of carbonyl (C=O) groups is 1. The first-order valence-electron chi connectivity index (χ1n) is 6.75. The number of aromatic nitrogens is 1. The van der Waals surface area contributed by atoms with E-state index < -0.39 is 5.97 Å². The van der Waals surface area contributed by atoms with E-state index in [1.54, 1.807) is 6.92 Å². The number of nitrogens with zero attached hydrogens (tertiary/aromatic N) is 2. The van der Waals surface area contributed by atoms with Crippen molar-refractivity contribution in [3.05, 3.63) is 12.0 Å². The molecule has 0 aromatic carbocycles. The van der Waals surface area contributed by atoms with Crippen LogP contribution in [0.15, 0.2) is 10.7 Å². The van der Waals surface area contributed by atoms with Crippen LogP contribution in [0.2, 0.25) is 0 Å². The molecule has 0 bridgehead atoms. The fourth-order valence-electron chi connectivity index (χ4n) is 2.32. The van der Waals surface area contributed by atoms with Gasteiger partial charge in [0.15, 0.2) is 5.69 Å². The Labute approximate surface area is 112 Å². The Balaban J connectivity index is 2.03. The summed E-state index contributed by atoms with van der Waals surface area (Å²) in [6.07, 6.45) is 3.53. The van der Waals surface area contributed by atoms with Crippen LogP contribution in [0.25, 0.3) is 0 Å². The molecule has 6 heteroatoms. The van der Waals surface area contributed by atoms with E-state index in [1.807, 2.05) is 11.8 Å². The zero-order valence-electron chi connectivity index (χ0n) is 11.5. The topological polar surface area (TPSA) is 81.6 Å². The van der Waals surface area contributed by atoms with Crippen molar-refractivity contribution >= 4 is 12.0 Å². The lowest BCUT2D eigenvalue weighted by atomic mass is 9.92. The van der Waals surface area contributed by atoms with Gasteiger partial charge in [0.25, 0.3) is 6.01 Å². The summed E-state index contributed by atoms with van der Waals surface area (Å²) in [5.41, 5.74) is 6.17. The Morgan fingerprint density at radius 2 is 2.53 bits per heavy atom. The highest BCUT2D eigenvalue weighted by Gasteiger charge is 2.26. The molecule has 19 heavy (non-hydrogen) atoms. The van der Waals surface area contributed by atoms with Gasteiger partial charge in [0.05, 0.1) is 6.61 Å². The Hall–Kier alpha value is -1.56. The van der Waals surface area contributed by atoms with Gasteiger partial charge in [0.2, 0.25) is 0 Å². The largest absolute Gasteiger partial charge is 0.461 e. The number of piperidine rings is 1. The predicted molar refractivity (Wildman–Crippen MR) is 71.0 cm³/mol. The molecule has 1 aromatic rings. The number of hydrogen-bond donors (Lipinski definition) is 1. The van der Waals surface area contributed by atoms with Crippen LogP contribution in [0.5, 0.6) is 0 Å². The first-order chi connectivity index (χ1) is 9.11. The molecule has 1 fully saturated rings. The van der Waals surface area contributed by atoms with Crippen molar-refractivity contribution in [1.29, 1.82) is 0 Å². The molecule has 0 saturated carbocycles. The summed E-state index contributed by atoms with van der Waals surface area (Å²) in [5, 5.41) is 0. The quantitative estimate of drug-likeness (QED) is 0.831. The fraction of sp³-hybridized carbons (Fsp3) is 0.692. The van der Waals surface area contributed by atoms with Gasteiger partial charge in [-0.3, -0.25) is 0 Å². The lowest BCUT2D eigenvalue weighted by Crippen LogP contribution is -2.42. The van der Waals surface area contributed by atoms with Crippen LogP contribution in [0.1, 0.15) is 37.2 Å². The van der Waals surface area contributed by atoms with E-state index in [2.05, 4.69) is 4.98 Å². The summed E-state index contributed by atoms with van der Waals surface area (Å²) in [5.74, 6) is -0.00931. The van der Waals surface area contributed by atoms with Gasteiger partial charge in [-0.25, -0.2) is 4.79 Å². The second kappa shape index (κ2) is 6.06. The summed E-state index contributed by atoms with van der Waals surface area (Å²) in [6, 6.07) is 0.635. The van der Waals surface area contributed by atoms with Crippen LogP contribution in [-0.4, -0.2) is 36.7 Å². The van der Waals surface area contributed by atoms with Gasteiger partial charge in [-0.1, -0.05) is 0 Å². The van der Waals surface area contributed by atoms with Crippen LogP contribution in [0, 0.1) is 5.92 Å². The zero-order chi connectivity index (χ0) is 13.8. The maximum atomic E-state index is 11.5. The van der Waals surface area contributed by atoms with Crippen molar-refractivity contribution in [2.75, 3.05) is 24.6 Å². The van der Waals surface area contributed by atoms with Crippen molar-refractivity contribution in [2.45, 2.75) is 32.7 Å². The maximum Gasteiger partial charge on any atom is 0.360 e. The molecular formula is C13H21N3O3. The summed E-state index contributed by atoms with van der Waals surface area (Å²) in [7, 11) is 0. The van der Waals surface area contributed by atoms with Crippen LogP contribution >= 0.6 is 0 Å². The van der Waals surface area contributed by atoms with E-state index in [-0.39, 0.29) is 11.7 Å². The molecule has 2 unspecified atom stereocenters. The minimum atomic E-state index is -0.446. The molecule has 6 nitrogen and oxygen atoms in total. The molecule has 1 aromatic heterocycles. The number of hydrogen-bond acceptors (Lipinski definition) is 6. The third kappa shape index (κ3) is 3.26. The molecule has 1 aliphatic heterocycles. The van der Waals surface area contributed by atoms with Crippen molar-refractivity contribution in [1.82, 2.24) is 4.98 Å². The van der Waals surface area contributed by atoms with Gasteiger partial charge in [-0.15, -0.1) is 0 Å².